The highest BCUT2D eigenvalue weighted by atomic mass is 16.5. The quantitative estimate of drug-likeness (QED) is 0.823. The van der Waals surface area contributed by atoms with Crippen LogP contribution in [-0.4, -0.2) is 19.0 Å². The van der Waals surface area contributed by atoms with E-state index in [1.807, 2.05) is 61.5 Å². The Morgan fingerprint density at radius 2 is 1.88 bits per heavy atom. The third-order valence-electron chi connectivity index (χ3n) is 4.60. The van der Waals surface area contributed by atoms with Crippen molar-refractivity contribution in [2.24, 2.45) is 11.8 Å². The van der Waals surface area contributed by atoms with E-state index >= 15 is 0 Å². The van der Waals surface area contributed by atoms with Gasteiger partial charge in [-0.15, -0.1) is 0 Å². The maximum absolute atomic E-state index is 12.3. The normalized spacial score (nSPS) is 15.4. The van der Waals surface area contributed by atoms with Crippen LogP contribution in [-0.2, 0) is 17.9 Å². The molecule has 0 spiro atoms. The van der Waals surface area contributed by atoms with Crippen LogP contribution in [0.25, 0.3) is 0 Å². The average Bonchev–Trinajstić information content (AvgIpc) is 2.58. The Kier molecular flexibility index (Phi) is 5.49. The Balaban J connectivity index is 1.56. The van der Waals surface area contributed by atoms with Gasteiger partial charge in [0.1, 0.15) is 12.4 Å². The minimum absolute atomic E-state index is 0.0450. The largest absolute Gasteiger partial charge is 0.489 e. The fourth-order valence-corrected chi connectivity index (χ4v) is 2.75. The third kappa shape index (κ3) is 4.15. The highest BCUT2D eigenvalue weighted by Gasteiger charge is 2.28. The summed E-state index contributed by atoms with van der Waals surface area (Å²) in [7, 11) is 0. The lowest BCUT2D eigenvalue weighted by atomic mass is 9.88. The van der Waals surface area contributed by atoms with Crippen LogP contribution in [0.1, 0.15) is 18.1 Å². The Morgan fingerprint density at radius 3 is 2.58 bits per heavy atom. The molecule has 1 amide bonds. The van der Waals surface area contributed by atoms with Crippen LogP contribution < -0.4 is 15.4 Å². The van der Waals surface area contributed by atoms with Gasteiger partial charge in [-0.1, -0.05) is 55.5 Å². The van der Waals surface area contributed by atoms with E-state index in [9.17, 15) is 4.79 Å². The fourth-order valence-electron chi connectivity index (χ4n) is 2.75. The van der Waals surface area contributed by atoms with Crippen LogP contribution in [0.3, 0.4) is 0 Å². The molecule has 1 fully saturated rings. The number of para-hydroxylation sites is 1. The summed E-state index contributed by atoms with van der Waals surface area (Å²) in [4.78, 5) is 12.3. The molecule has 2 N–H and O–H groups in total. The average molecular weight is 324 g/mol. The van der Waals surface area contributed by atoms with Gasteiger partial charge < -0.3 is 15.4 Å². The summed E-state index contributed by atoms with van der Waals surface area (Å²) in [6.07, 6.45) is 0. The molecule has 1 unspecified atom stereocenters. The number of hydrogen-bond acceptors (Lipinski definition) is 3. The predicted octanol–water partition coefficient (Wildman–Crippen LogP) is 2.74. The monoisotopic (exact) mass is 324 g/mol. The van der Waals surface area contributed by atoms with Gasteiger partial charge in [0, 0.05) is 18.0 Å². The Hall–Kier alpha value is -2.33. The molecule has 1 atom stereocenters. The number of nitrogens with one attached hydrogen (secondary N) is 2. The zero-order valence-corrected chi connectivity index (χ0v) is 14.0. The second-order valence-corrected chi connectivity index (χ2v) is 6.31. The van der Waals surface area contributed by atoms with Crippen molar-refractivity contribution in [3.63, 3.8) is 0 Å². The summed E-state index contributed by atoms with van der Waals surface area (Å²) >= 11 is 0. The van der Waals surface area contributed by atoms with E-state index in [1.165, 1.54) is 0 Å². The van der Waals surface area contributed by atoms with Crippen LogP contribution in [0.4, 0.5) is 0 Å². The standard InChI is InChI=1S/C20H24N2O2/c1-15(18-11-21-12-18)20(23)22-13-17-9-5-6-10-19(17)24-14-16-7-3-2-4-8-16/h2-10,15,18,21H,11-14H2,1H3,(H,22,23). The summed E-state index contributed by atoms with van der Waals surface area (Å²) in [5.74, 6) is 1.43. The van der Waals surface area contributed by atoms with Crippen molar-refractivity contribution in [1.29, 1.82) is 0 Å². The van der Waals surface area contributed by atoms with Gasteiger partial charge in [-0.05, 0) is 30.6 Å². The molecule has 0 saturated carbocycles. The van der Waals surface area contributed by atoms with Crippen molar-refractivity contribution in [2.75, 3.05) is 13.1 Å². The number of benzene rings is 2. The molecule has 1 heterocycles. The van der Waals surface area contributed by atoms with Gasteiger partial charge in [-0.25, -0.2) is 0 Å². The molecule has 126 valence electrons. The van der Waals surface area contributed by atoms with Crippen LogP contribution in [0, 0.1) is 11.8 Å². The molecule has 24 heavy (non-hydrogen) atoms. The first-order valence-electron chi connectivity index (χ1n) is 8.47. The maximum atomic E-state index is 12.3. The zero-order chi connectivity index (χ0) is 16.8. The molecule has 0 bridgehead atoms. The molecule has 1 aliphatic heterocycles. The number of carbonyl (C=O) groups excluding carboxylic acids is 1. The van der Waals surface area contributed by atoms with E-state index in [2.05, 4.69) is 10.6 Å². The number of amides is 1. The Labute approximate surface area is 143 Å². The first-order valence-corrected chi connectivity index (χ1v) is 8.47. The third-order valence-corrected chi connectivity index (χ3v) is 4.60. The van der Waals surface area contributed by atoms with Gasteiger partial charge in [-0.2, -0.15) is 0 Å². The van der Waals surface area contributed by atoms with E-state index in [-0.39, 0.29) is 11.8 Å². The zero-order valence-electron chi connectivity index (χ0n) is 14.0. The summed E-state index contributed by atoms with van der Waals surface area (Å²) in [6.45, 7) is 4.89. The molecule has 4 heteroatoms. The van der Waals surface area contributed by atoms with Gasteiger partial charge in [0.05, 0.1) is 0 Å². The summed E-state index contributed by atoms with van der Waals surface area (Å²) in [5.41, 5.74) is 2.13. The second kappa shape index (κ2) is 7.97. The minimum atomic E-state index is 0.0450. The summed E-state index contributed by atoms with van der Waals surface area (Å²) in [6, 6.07) is 17.9. The predicted molar refractivity (Wildman–Crippen MR) is 94.6 cm³/mol. The van der Waals surface area contributed by atoms with Crippen molar-refractivity contribution in [3.05, 3.63) is 65.7 Å². The van der Waals surface area contributed by atoms with E-state index in [4.69, 9.17) is 4.74 Å². The van der Waals surface area contributed by atoms with E-state index in [1.54, 1.807) is 0 Å². The summed E-state index contributed by atoms with van der Waals surface area (Å²) < 4.78 is 5.93. The second-order valence-electron chi connectivity index (χ2n) is 6.31. The van der Waals surface area contributed by atoms with Gasteiger partial charge >= 0.3 is 0 Å². The summed E-state index contributed by atoms with van der Waals surface area (Å²) in [5, 5.41) is 6.25. The van der Waals surface area contributed by atoms with Gasteiger partial charge in [0.15, 0.2) is 0 Å². The molecule has 2 aromatic carbocycles. The molecule has 0 aromatic heterocycles. The lowest BCUT2D eigenvalue weighted by Gasteiger charge is -2.31. The lowest BCUT2D eigenvalue weighted by molar-refractivity contribution is -0.126. The molecular weight excluding hydrogens is 300 g/mol. The highest BCUT2D eigenvalue weighted by molar-refractivity contribution is 5.78. The van der Waals surface area contributed by atoms with E-state index in [0.29, 0.717) is 19.1 Å². The smallest absolute Gasteiger partial charge is 0.223 e. The van der Waals surface area contributed by atoms with Crippen molar-refractivity contribution >= 4 is 5.91 Å². The Bertz CT molecular complexity index is 668. The number of carbonyl (C=O) groups is 1. The van der Waals surface area contributed by atoms with Crippen LogP contribution in [0.15, 0.2) is 54.6 Å². The highest BCUT2D eigenvalue weighted by Crippen LogP contribution is 2.20. The number of hydrogen-bond donors (Lipinski definition) is 2. The van der Waals surface area contributed by atoms with Crippen molar-refractivity contribution in [3.8, 4) is 5.75 Å². The molecule has 1 aliphatic rings. The van der Waals surface area contributed by atoms with Gasteiger partial charge in [0.2, 0.25) is 5.91 Å². The number of ether oxygens (including phenoxy) is 1. The van der Waals surface area contributed by atoms with Gasteiger partial charge in [0.25, 0.3) is 0 Å². The van der Waals surface area contributed by atoms with Gasteiger partial charge in [-0.3, -0.25) is 4.79 Å². The maximum Gasteiger partial charge on any atom is 0.223 e. The molecule has 1 saturated heterocycles. The Morgan fingerprint density at radius 1 is 1.17 bits per heavy atom. The van der Waals surface area contributed by atoms with E-state index in [0.717, 1.165) is 30.0 Å². The topological polar surface area (TPSA) is 50.4 Å². The van der Waals surface area contributed by atoms with Crippen LogP contribution >= 0.6 is 0 Å². The molecular formula is C20H24N2O2. The van der Waals surface area contributed by atoms with Crippen LogP contribution in [0.5, 0.6) is 5.75 Å². The molecule has 4 nitrogen and oxygen atoms in total. The van der Waals surface area contributed by atoms with Crippen molar-refractivity contribution < 1.29 is 9.53 Å². The minimum Gasteiger partial charge on any atom is -0.489 e. The van der Waals surface area contributed by atoms with Crippen LogP contribution in [0.2, 0.25) is 0 Å². The number of rotatable bonds is 7. The molecule has 0 radical (unpaired) electrons. The SMILES string of the molecule is CC(C(=O)NCc1ccccc1OCc1ccccc1)C1CNC1. The lowest BCUT2D eigenvalue weighted by Crippen LogP contribution is -2.49. The first-order chi connectivity index (χ1) is 11.7. The fraction of sp³-hybridized carbons (Fsp3) is 0.350. The molecule has 2 aromatic rings. The van der Waals surface area contributed by atoms with E-state index < -0.39 is 0 Å². The molecule has 3 rings (SSSR count). The molecule has 0 aliphatic carbocycles. The van der Waals surface area contributed by atoms with Crippen molar-refractivity contribution in [2.45, 2.75) is 20.1 Å². The first kappa shape index (κ1) is 16.5. The van der Waals surface area contributed by atoms with Crippen molar-refractivity contribution in [1.82, 2.24) is 10.6 Å².